The van der Waals surface area contributed by atoms with Crippen molar-refractivity contribution in [3.05, 3.63) is 40.8 Å². The molecular formula is C21H30BClNO4. The van der Waals surface area contributed by atoms with Crippen molar-refractivity contribution >= 4 is 30.7 Å². The van der Waals surface area contributed by atoms with Crippen molar-refractivity contribution in [3.8, 4) is 0 Å². The summed E-state index contributed by atoms with van der Waals surface area (Å²) in [7, 11) is 1.69. The average Bonchev–Trinajstić information content (AvgIpc) is 2.60. The normalized spacial score (nSPS) is 20.3. The van der Waals surface area contributed by atoms with Gasteiger partial charge in [-0.3, -0.25) is 0 Å². The highest BCUT2D eigenvalue weighted by Gasteiger charge is 2.42. The molecule has 1 aromatic carbocycles. The van der Waals surface area contributed by atoms with Gasteiger partial charge in [-0.2, -0.15) is 0 Å². The molecule has 0 amide bonds. The molecule has 1 aliphatic rings. The lowest BCUT2D eigenvalue weighted by atomic mass is 9.72. The molecule has 0 saturated heterocycles. The van der Waals surface area contributed by atoms with Gasteiger partial charge in [-0.15, -0.1) is 0 Å². The summed E-state index contributed by atoms with van der Waals surface area (Å²) in [6.45, 7) is 9.25. The number of nitrogens with one attached hydrogen (secondary N) is 1. The number of anilines is 1. The predicted octanol–water partition coefficient (Wildman–Crippen LogP) is 4.31. The van der Waals surface area contributed by atoms with E-state index in [0.717, 1.165) is 11.2 Å². The zero-order chi connectivity index (χ0) is 21.0. The largest absolute Gasteiger partial charge is 0.464 e. The lowest BCUT2D eigenvalue weighted by molar-refractivity contribution is -0.148. The SMILES string of the molecule is CCOC(=O)C1(Nc2cccc(Cl)c2)CC=C([B]OC(C)(C)C(C)(C)O)CC1. The zero-order valence-corrected chi connectivity index (χ0v) is 18.1. The Morgan fingerprint density at radius 2 is 2.07 bits per heavy atom. The quantitative estimate of drug-likeness (QED) is 0.497. The maximum atomic E-state index is 12.7. The minimum Gasteiger partial charge on any atom is -0.464 e. The first-order valence-electron chi connectivity index (χ1n) is 9.62. The Labute approximate surface area is 173 Å². The van der Waals surface area contributed by atoms with E-state index in [1.165, 1.54) is 0 Å². The topological polar surface area (TPSA) is 67.8 Å². The van der Waals surface area contributed by atoms with Gasteiger partial charge in [0.2, 0.25) is 0 Å². The molecule has 2 rings (SSSR count). The first kappa shape index (κ1) is 22.8. The van der Waals surface area contributed by atoms with Crippen molar-refractivity contribution in [1.29, 1.82) is 0 Å². The standard InChI is InChI=1S/C21H30BClNO4/c1-6-27-18(25)21(24-17-9-7-8-16(23)14-17)12-10-15(11-13-21)22-28-20(4,5)19(2,3)26/h7-10,14,24,26H,6,11-13H2,1-5H3. The van der Waals surface area contributed by atoms with Gasteiger partial charge in [0.25, 0.3) is 0 Å². The van der Waals surface area contributed by atoms with Gasteiger partial charge in [0.1, 0.15) is 5.54 Å². The second-order valence-corrected chi connectivity index (χ2v) is 8.66. The summed E-state index contributed by atoms with van der Waals surface area (Å²) in [4.78, 5) is 12.7. The summed E-state index contributed by atoms with van der Waals surface area (Å²) in [5.41, 5.74) is -0.792. The molecule has 0 saturated carbocycles. The summed E-state index contributed by atoms with van der Waals surface area (Å²) < 4.78 is 11.2. The molecule has 7 heteroatoms. The lowest BCUT2D eigenvalue weighted by Crippen LogP contribution is -2.50. The molecular weight excluding hydrogens is 376 g/mol. The molecule has 0 bridgehead atoms. The van der Waals surface area contributed by atoms with Gasteiger partial charge in [0, 0.05) is 10.7 Å². The van der Waals surface area contributed by atoms with E-state index in [9.17, 15) is 9.90 Å². The molecule has 1 atom stereocenters. The first-order chi connectivity index (χ1) is 13.0. The number of carbonyl (C=O) groups is 1. The molecule has 2 N–H and O–H groups in total. The highest BCUT2D eigenvalue weighted by atomic mass is 35.5. The molecule has 0 fully saturated rings. The molecule has 0 aliphatic heterocycles. The number of aliphatic hydroxyl groups is 1. The number of hydrogen-bond donors (Lipinski definition) is 2. The first-order valence-corrected chi connectivity index (χ1v) is 10.0. The van der Waals surface area contributed by atoms with Crippen LogP contribution < -0.4 is 5.32 Å². The highest BCUT2D eigenvalue weighted by Crippen LogP contribution is 2.34. The van der Waals surface area contributed by atoms with Gasteiger partial charge in [0.05, 0.1) is 17.8 Å². The third-order valence-corrected chi connectivity index (χ3v) is 5.64. The van der Waals surface area contributed by atoms with Gasteiger partial charge in [-0.05, 0) is 72.1 Å². The van der Waals surface area contributed by atoms with Crippen molar-refractivity contribution in [2.45, 2.75) is 70.6 Å². The number of allylic oxidation sites excluding steroid dienone is 1. The van der Waals surface area contributed by atoms with Gasteiger partial charge >= 0.3 is 13.5 Å². The van der Waals surface area contributed by atoms with Gasteiger partial charge in [-0.25, -0.2) is 4.79 Å². The van der Waals surface area contributed by atoms with Crippen LogP contribution in [0.3, 0.4) is 0 Å². The van der Waals surface area contributed by atoms with Crippen molar-refractivity contribution in [1.82, 2.24) is 0 Å². The lowest BCUT2D eigenvalue weighted by Gasteiger charge is -2.39. The number of esters is 1. The molecule has 28 heavy (non-hydrogen) atoms. The fraction of sp³-hybridized carbons (Fsp3) is 0.571. The van der Waals surface area contributed by atoms with Crippen LogP contribution in [0.15, 0.2) is 35.8 Å². The highest BCUT2D eigenvalue weighted by molar-refractivity contribution is 6.38. The number of benzene rings is 1. The Bertz CT molecular complexity index is 729. The monoisotopic (exact) mass is 406 g/mol. The number of halogens is 1. The van der Waals surface area contributed by atoms with Crippen molar-refractivity contribution in [3.63, 3.8) is 0 Å². The summed E-state index contributed by atoms with van der Waals surface area (Å²) >= 11 is 6.08. The molecule has 1 aliphatic carbocycles. The minimum atomic E-state index is -0.985. The second-order valence-electron chi connectivity index (χ2n) is 8.23. The molecule has 5 nitrogen and oxygen atoms in total. The Hall–Kier alpha value is -1.50. The Kier molecular flexibility index (Phi) is 7.24. The van der Waals surface area contributed by atoms with Crippen LogP contribution in [0.4, 0.5) is 5.69 Å². The predicted molar refractivity (Wildman–Crippen MR) is 114 cm³/mol. The summed E-state index contributed by atoms with van der Waals surface area (Å²) in [6.07, 6.45) is 3.66. The zero-order valence-electron chi connectivity index (χ0n) is 17.3. The number of ether oxygens (including phenoxy) is 1. The second kappa shape index (κ2) is 8.89. The van der Waals surface area contributed by atoms with Gasteiger partial charge in [-0.1, -0.05) is 29.2 Å². The van der Waals surface area contributed by atoms with Gasteiger partial charge < -0.3 is 19.8 Å². The van der Waals surface area contributed by atoms with Crippen LogP contribution >= 0.6 is 11.6 Å². The van der Waals surface area contributed by atoms with E-state index in [2.05, 4.69) is 5.32 Å². The van der Waals surface area contributed by atoms with E-state index in [4.69, 9.17) is 21.0 Å². The van der Waals surface area contributed by atoms with Gasteiger partial charge in [0.15, 0.2) is 0 Å². The van der Waals surface area contributed by atoms with Crippen LogP contribution in [0.2, 0.25) is 5.02 Å². The van der Waals surface area contributed by atoms with Crippen LogP contribution in [0.1, 0.15) is 53.9 Å². The molecule has 1 unspecified atom stereocenters. The molecule has 0 spiro atoms. The summed E-state index contributed by atoms with van der Waals surface area (Å²) in [5.74, 6) is -0.275. The van der Waals surface area contributed by atoms with E-state index >= 15 is 0 Å². The van der Waals surface area contributed by atoms with Crippen molar-refractivity contribution in [2.24, 2.45) is 0 Å². The molecule has 0 aromatic heterocycles. The maximum Gasteiger partial charge on any atom is 0.332 e. The fourth-order valence-corrected chi connectivity index (χ4v) is 2.99. The van der Waals surface area contributed by atoms with E-state index in [0.29, 0.717) is 30.9 Å². The van der Waals surface area contributed by atoms with Crippen LogP contribution in [0.25, 0.3) is 0 Å². The third kappa shape index (κ3) is 5.52. The van der Waals surface area contributed by atoms with E-state index in [1.54, 1.807) is 40.4 Å². The number of hydrogen-bond acceptors (Lipinski definition) is 5. The van der Waals surface area contributed by atoms with Crippen LogP contribution in [0, 0.1) is 0 Å². The van der Waals surface area contributed by atoms with E-state index in [1.807, 2.05) is 32.1 Å². The number of carbonyl (C=O) groups excluding carboxylic acids is 1. The van der Waals surface area contributed by atoms with E-state index < -0.39 is 16.7 Å². The fourth-order valence-electron chi connectivity index (χ4n) is 2.80. The molecule has 1 radical (unpaired) electrons. The summed E-state index contributed by atoms with van der Waals surface area (Å²) in [5, 5.41) is 14.2. The molecule has 1 aromatic rings. The van der Waals surface area contributed by atoms with Crippen LogP contribution in [0.5, 0.6) is 0 Å². The third-order valence-electron chi connectivity index (χ3n) is 5.41. The smallest absolute Gasteiger partial charge is 0.332 e. The number of rotatable bonds is 8. The maximum absolute atomic E-state index is 12.7. The van der Waals surface area contributed by atoms with Crippen LogP contribution in [-0.2, 0) is 14.2 Å². The minimum absolute atomic E-state index is 0.275. The summed E-state index contributed by atoms with van der Waals surface area (Å²) in [6, 6.07) is 7.31. The Balaban J connectivity index is 2.13. The molecule has 0 heterocycles. The van der Waals surface area contributed by atoms with Crippen molar-refractivity contribution in [2.75, 3.05) is 11.9 Å². The van der Waals surface area contributed by atoms with Crippen molar-refractivity contribution < 1.29 is 19.3 Å². The Morgan fingerprint density at radius 1 is 1.36 bits per heavy atom. The average molecular weight is 407 g/mol. The Morgan fingerprint density at radius 3 is 2.61 bits per heavy atom. The molecule has 153 valence electrons. The van der Waals surface area contributed by atoms with Crippen LogP contribution in [-0.4, -0.2) is 41.9 Å². The van der Waals surface area contributed by atoms with E-state index in [-0.39, 0.29) is 5.97 Å².